The van der Waals surface area contributed by atoms with E-state index in [4.69, 9.17) is 11.6 Å². The van der Waals surface area contributed by atoms with Crippen LogP contribution >= 0.6 is 11.6 Å². The molecule has 2 unspecified atom stereocenters. The molecule has 18 heavy (non-hydrogen) atoms. The van der Waals surface area contributed by atoms with Gasteiger partial charge in [-0.25, -0.2) is 4.98 Å². The van der Waals surface area contributed by atoms with Crippen molar-refractivity contribution >= 4 is 23.1 Å². The SMILES string of the molecule is CC1CN(c2nc(Cl)ccc2[N+](=O)[O-])CCC1O. The van der Waals surface area contributed by atoms with Crippen molar-refractivity contribution in [2.45, 2.75) is 19.4 Å². The minimum absolute atomic E-state index is 0.0528. The number of hydrogen-bond acceptors (Lipinski definition) is 5. The third-order valence-corrected chi connectivity index (χ3v) is 3.39. The number of pyridine rings is 1. The fraction of sp³-hybridized carbons (Fsp3) is 0.545. The zero-order valence-electron chi connectivity index (χ0n) is 9.91. The number of nitrogens with zero attached hydrogens (tertiary/aromatic N) is 3. The molecule has 1 aromatic rings. The monoisotopic (exact) mass is 271 g/mol. The van der Waals surface area contributed by atoms with Crippen molar-refractivity contribution in [3.63, 3.8) is 0 Å². The molecule has 0 amide bonds. The highest BCUT2D eigenvalue weighted by atomic mass is 35.5. The van der Waals surface area contributed by atoms with Gasteiger partial charge in [0.05, 0.1) is 11.0 Å². The molecule has 0 aliphatic carbocycles. The quantitative estimate of drug-likeness (QED) is 0.504. The lowest BCUT2D eigenvalue weighted by molar-refractivity contribution is -0.384. The van der Waals surface area contributed by atoms with Crippen LogP contribution in [0.4, 0.5) is 11.5 Å². The summed E-state index contributed by atoms with van der Waals surface area (Å²) < 4.78 is 0. The van der Waals surface area contributed by atoms with Crippen LogP contribution in [0.15, 0.2) is 12.1 Å². The number of anilines is 1. The summed E-state index contributed by atoms with van der Waals surface area (Å²) in [4.78, 5) is 16.4. The predicted octanol–water partition coefficient (Wildman–Crippen LogP) is 1.85. The average Bonchev–Trinajstić information content (AvgIpc) is 2.32. The molecule has 2 rings (SSSR count). The molecule has 1 aliphatic rings. The third kappa shape index (κ3) is 2.54. The van der Waals surface area contributed by atoms with E-state index in [0.29, 0.717) is 19.5 Å². The Morgan fingerprint density at radius 3 is 2.94 bits per heavy atom. The number of aliphatic hydroxyl groups is 1. The van der Waals surface area contributed by atoms with E-state index in [1.54, 1.807) is 4.90 Å². The number of hydrogen-bond donors (Lipinski definition) is 1. The summed E-state index contributed by atoms with van der Waals surface area (Å²) in [6.45, 7) is 2.99. The van der Waals surface area contributed by atoms with E-state index in [1.165, 1.54) is 12.1 Å². The van der Waals surface area contributed by atoms with Gasteiger partial charge in [0.15, 0.2) is 0 Å². The second-order valence-electron chi connectivity index (χ2n) is 4.51. The molecule has 7 heteroatoms. The first-order valence-electron chi connectivity index (χ1n) is 5.73. The summed E-state index contributed by atoms with van der Waals surface area (Å²) in [6.07, 6.45) is 0.214. The van der Waals surface area contributed by atoms with E-state index in [-0.39, 0.29) is 28.7 Å². The second-order valence-corrected chi connectivity index (χ2v) is 4.90. The smallest absolute Gasteiger partial charge is 0.311 e. The largest absolute Gasteiger partial charge is 0.393 e. The Balaban J connectivity index is 2.32. The van der Waals surface area contributed by atoms with Crippen LogP contribution in [-0.2, 0) is 0 Å². The molecule has 0 aromatic carbocycles. The zero-order chi connectivity index (χ0) is 13.3. The van der Waals surface area contributed by atoms with Crippen molar-refractivity contribution in [2.75, 3.05) is 18.0 Å². The van der Waals surface area contributed by atoms with E-state index in [9.17, 15) is 15.2 Å². The highest BCUT2D eigenvalue weighted by Crippen LogP contribution is 2.30. The summed E-state index contributed by atoms with van der Waals surface area (Å²) in [5.41, 5.74) is -0.0528. The minimum Gasteiger partial charge on any atom is -0.393 e. The molecule has 2 atom stereocenters. The molecular weight excluding hydrogens is 258 g/mol. The van der Waals surface area contributed by atoms with Crippen LogP contribution < -0.4 is 4.90 Å². The van der Waals surface area contributed by atoms with Gasteiger partial charge in [-0.1, -0.05) is 18.5 Å². The van der Waals surface area contributed by atoms with Gasteiger partial charge in [-0.2, -0.15) is 0 Å². The Kier molecular flexibility index (Phi) is 3.68. The molecular formula is C11H14ClN3O3. The van der Waals surface area contributed by atoms with E-state index >= 15 is 0 Å². The summed E-state index contributed by atoms with van der Waals surface area (Å²) in [7, 11) is 0. The van der Waals surface area contributed by atoms with Gasteiger partial charge >= 0.3 is 5.69 Å². The highest BCUT2D eigenvalue weighted by molar-refractivity contribution is 6.29. The summed E-state index contributed by atoms with van der Waals surface area (Å²) >= 11 is 5.80. The molecule has 1 aliphatic heterocycles. The van der Waals surface area contributed by atoms with Crippen molar-refractivity contribution in [1.29, 1.82) is 0 Å². The summed E-state index contributed by atoms with van der Waals surface area (Å²) in [5, 5.41) is 20.9. The van der Waals surface area contributed by atoms with E-state index in [2.05, 4.69) is 4.98 Å². The van der Waals surface area contributed by atoms with Crippen molar-refractivity contribution in [2.24, 2.45) is 5.92 Å². The lowest BCUT2D eigenvalue weighted by atomic mass is 9.97. The Hall–Kier alpha value is -1.40. The van der Waals surface area contributed by atoms with Crippen molar-refractivity contribution in [3.05, 3.63) is 27.4 Å². The van der Waals surface area contributed by atoms with Gasteiger partial charge in [0.1, 0.15) is 5.15 Å². The van der Waals surface area contributed by atoms with Gasteiger partial charge in [-0.15, -0.1) is 0 Å². The molecule has 1 aromatic heterocycles. The maximum atomic E-state index is 11.0. The number of rotatable bonds is 2. The van der Waals surface area contributed by atoms with Crippen LogP contribution in [0.25, 0.3) is 0 Å². The van der Waals surface area contributed by atoms with Crippen molar-refractivity contribution in [1.82, 2.24) is 4.98 Å². The van der Waals surface area contributed by atoms with Crippen LogP contribution in [0.5, 0.6) is 0 Å². The van der Waals surface area contributed by atoms with E-state index < -0.39 is 4.92 Å². The van der Waals surface area contributed by atoms with Crippen LogP contribution in [0.2, 0.25) is 5.15 Å². The molecule has 98 valence electrons. The average molecular weight is 272 g/mol. The normalized spacial score (nSPS) is 24.1. The molecule has 0 radical (unpaired) electrons. The topological polar surface area (TPSA) is 79.5 Å². The van der Waals surface area contributed by atoms with Crippen LogP contribution in [0, 0.1) is 16.0 Å². The van der Waals surface area contributed by atoms with Gasteiger partial charge in [-0.05, 0) is 18.4 Å². The molecule has 1 fully saturated rings. The zero-order valence-corrected chi connectivity index (χ0v) is 10.7. The van der Waals surface area contributed by atoms with Crippen molar-refractivity contribution in [3.8, 4) is 0 Å². The molecule has 2 heterocycles. The molecule has 1 N–H and O–H groups in total. The minimum atomic E-state index is -0.464. The summed E-state index contributed by atoms with van der Waals surface area (Å²) in [5.74, 6) is 0.338. The molecule has 0 spiro atoms. The van der Waals surface area contributed by atoms with Gasteiger partial charge in [0.2, 0.25) is 5.82 Å². The van der Waals surface area contributed by atoms with E-state index in [1.807, 2.05) is 6.92 Å². The van der Waals surface area contributed by atoms with Gasteiger partial charge in [0.25, 0.3) is 0 Å². The predicted molar refractivity (Wildman–Crippen MR) is 67.9 cm³/mol. The maximum absolute atomic E-state index is 11.0. The van der Waals surface area contributed by atoms with Crippen LogP contribution in [-0.4, -0.2) is 34.2 Å². The molecule has 1 saturated heterocycles. The molecule has 0 bridgehead atoms. The van der Waals surface area contributed by atoms with Crippen LogP contribution in [0.1, 0.15) is 13.3 Å². The Bertz CT molecular complexity index is 469. The number of piperidine rings is 1. The highest BCUT2D eigenvalue weighted by Gasteiger charge is 2.29. The van der Waals surface area contributed by atoms with Crippen LogP contribution in [0.3, 0.4) is 0 Å². The first-order chi connectivity index (χ1) is 8.49. The lowest BCUT2D eigenvalue weighted by Crippen LogP contribution is -2.42. The Morgan fingerprint density at radius 1 is 1.61 bits per heavy atom. The number of aliphatic hydroxyl groups excluding tert-OH is 1. The number of aromatic nitrogens is 1. The summed E-state index contributed by atoms with van der Waals surface area (Å²) in [6, 6.07) is 2.77. The lowest BCUT2D eigenvalue weighted by Gasteiger charge is -2.34. The fourth-order valence-electron chi connectivity index (χ4n) is 2.12. The third-order valence-electron chi connectivity index (χ3n) is 3.18. The number of nitro groups is 1. The van der Waals surface area contributed by atoms with Gasteiger partial charge in [-0.3, -0.25) is 10.1 Å². The van der Waals surface area contributed by atoms with Crippen molar-refractivity contribution < 1.29 is 10.0 Å². The number of halogens is 1. The molecule has 0 saturated carbocycles. The van der Waals surface area contributed by atoms with Gasteiger partial charge < -0.3 is 10.0 Å². The Morgan fingerprint density at radius 2 is 2.33 bits per heavy atom. The standard InChI is InChI=1S/C11H14ClN3O3/c1-7-6-14(5-4-9(7)16)11-8(15(17)18)2-3-10(12)13-11/h2-3,7,9,16H,4-6H2,1H3. The first-order valence-corrected chi connectivity index (χ1v) is 6.11. The second kappa shape index (κ2) is 5.07. The Labute approximate surface area is 109 Å². The van der Waals surface area contributed by atoms with Gasteiger partial charge in [0, 0.05) is 19.2 Å². The fourth-order valence-corrected chi connectivity index (χ4v) is 2.26. The molecule has 6 nitrogen and oxygen atoms in total. The maximum Gasteiger partial charge on any atom is 0.311 e. The van der Waals surface area contributed by atoms with E-state index in [0.717, 1.165) is 0 Å². The first kappa shape index (κ1) is 13.0.